The Morgan fingerprint density at radius 2 is 1.80 bits per heavy atom. The topological polar surface area (TPSA) is 118 Å². The molecule has 1 aliphatic carbocycles. The summed E-state index contributed by atoms with van der Waals surface area (Å²) in [5.41, 5.74) is 8.79. The maximum Gasteiger partial charge on any atom is 0.205 e. The van der Waals surface area contributed by atoms with E-state index in [1.54, 1.807) is 24.3 Å². The fraction of sp³-hybridized carbons (Fsp3) is 0.321. The SMILES string of the molecule is CCOc1cc(C2C(C#N)=C(N)OC3=C2C(=O)CC(C)(C)C3)ccc1OCc1ccc(C#N)cc1. The van der Waals surface area contributed by atoms with E-state index in [4.69, 9.17) is 25.2 Å². The van der Waals surface area contributed by atoms with Crippen molar-refractivity contribution < 1.29 is 19.0 Å². The van der Waals surface area contributed by atoms with Crippen LogP contribution in [0, 0.1) is 28.1 Å². The van der Waals surface area contributed by atoms with Crippen molar-refractivity contribution in [3.05, 3.63) is 81.9 Å². The molecule has 2 N–H and O–H groups in total. The summed E-state index contributed by atoms with van der Waals surface area (Å²) in [4.78, 5) is 13.2. The second-order valence-corrected chi connectivity index (χ2v) is 9.44. The lowest BCUT2D eigenvalue weighted by Gasteiger charge is -2.37. The van der Waals surface area contributed by atoms with E-state index in [0.29, 0.717) is 60.0 Å². The third kappa shape index (κ3) is 4.85. The van der Waals surface area contributed by atoms with Crippen LogP contribution >= 0.6 is 0 Å². The molecular formula is C28H27N3O4. The van der Waals surface area contributed by atoms with E-state index in [2.05, 4.69) is 12.1 Å². The minimum absolute atomic E-state index is 0.0286. The molecule has 178 valence electrons. The van der Waals surface area contributed by atoms with Crippen molar-refractivity contribution in [2.24, 2.45) is 11.1 Å². The van der Waals surface area contributed by atoms with Gasteiger partial charge in [-0.2, -0.15) is 10.5 Å². The Bertz CT molecular complexity index is 1310. The molecule has 1 unspecified atom stereocenters. The number of nitrogens with zero attached hydrogens (tertiary/aromatic N) is 2. The lowest BCUT2D eigenvalue weighted by Crippen LogP contribution is -2.33. The highest BCUT2D eigenvalue weighted by molar-refractivity contribution is 6.00. The van der Waals surface area contributed by atoms with E-state index in [9.17, 15) is 10.1 Å². The Labute approximate surface area is 205 Å². The Kier molecular flexibility index (Phi) is 6.53. The molecule has 2 aromatic carbocycles. The highest BCUT2D eigenvalue weighted by Crippen LogP contribution is 2.48. The van der Waals surface area contributed by atoms with Gasteiger partial charge < -0.3 is 19.9 Å². The van der Waals surface area contributed by atoms with Crippen molar-refractivity contribution in [1.29, 1.82) is 10.5 Å². The second kappa shape index (κ2) is 9.56. The quantitative estimate of drug-likeness (QED) is 0.633. The van der Waals surface area contributed by atoms with Crippen LogP contribution in [0.25, 0.3) is 0 Å². The van der Waals surface area contributed by atoms with Crippen LogP contribution in [0.5, 0.6) is 11.5 Å². The number of ether oxygens (including phenoxy) is 3. The standard InChI is InChI=1S/C28H27N3O4/c1-4-33-23-11-19(9-10-22(23)34-16-18-7-5-17(14-29)6-8-18)25-20(15-30)27(31)35-24-13-28(2,3)12-21(32)26(24)25/h5-11,25H,4,12-13,16,31H2,1-3H3. The van der Waals surface area contributed by atoms with Gasteiger partial charge in [0.05, 0.1) is 24.2 Å². The molecule has 1 aliphatic heterocycles. The number of rotatable bonds is 6. The van der Waals surface area contributed by atoms with E-state index < -0.39 is 5.92 Å². The first-order valence-corrected chi connectivity index (χ1v) is 11.5. The Balaban J connectivity index is 1.69. The number of ketones is 1. The molecule has 0 saturated carbocycles. The lowest BCUT2D eigenvalue weighted by atomic mass is 9.70. The summed E-state index contributed by atoms with van der Waals surface area (Å²) in [6.45, 7) is 6.60. The number of carbonyl (C=O) groups is 1. The van der Waals surface area contributed by atoms with Crippen LogP contribution in [0.1, 0.15) is 56.2 Å². The fourth-order valence-electron chi connectivity index (χ4n) is 4.55. The normalized spacial score (nSPS) is 18.8. The second-order valence-electron chi connectivity index (χ2n) is 9.44. The van der Waals surface area contributed by atoms with Gasteiger partial charge in [0.25, 0.3) is 0 Å². The molecule has 0 fully saturated rings. The van der Waals surface area contributed by atoms with Crippen LogP contribution in [0.15, 0.2) is 65.3 Å². The molecule has 0 bridgehead atoms. The molecule has 2 aliphatic rings. The highest BCUT2D eigenvalue weighted by atomic mass is 16.5. The number of hydrogen-bond donors (Lipinski definition) is 1. The molecule has 7 heteroatoms. The largest absolute Gasteiger partial charge is 0.490 e. The van der Waals surface area contributed by atoms with Crippen LogP contribution in [0.2, 0.25) is 0 Å². The molecule has 0 spiro atoms. The number of allylic oxidation sites excluding steroid dienone is 3. The number of Topliss-reactive ketones (excluding diaryl/α,β-unsaturated/α-hetero) is 1. The Hall–Kier alpha value is -4.23. The predicted molar refractivity (Wildman–Crippen MR) is 129 cm³/mol. The average molecular weight is 470 g/mol. The molecule has 0 radical (unpaired) electrons. The van der Waals surface area contributed by atoms with Crippen molar-refractivity contribution in [1.82, 2.24) is 0 Å². The van der Waals surface area contributed by atoms with Crippen LogP contribution in [0.4, 0.5) is 0 Å². The summed E-state index contributed by atoms with van der Waals surface area (Å²) in [5.74, 6) is 0.937. The summed E-state index contributed by atoms with van der Waals surface area (Å²) in [6, 6.07) is 16.8. The molecular weight excluding hydrogens is 442 g/mol. The van der Waals surface area contributed by atoms with Gasteiger partial charge >= 0.3 is 0 Å². The van der Waals surface area contributed by atoms with Gasteiger partial charge in [0.2, 0.25) is 5.88 Å². The van der Waals surface area contributed by atoms with Gasteiger partial charge in [-0.25, -0.2) is 0 Å². The number of benzene rings is 2. The van der Waals surface area contributed by atoms with E-state index in [1.165, 1.54) is 0 Å². The van der Waals surface area contributed by atoms with Gasteiger partial charge in [-0.05, 0) is 47.7 Å². The molecule has 0 saturated heterocycles. The monoisotopic (exact) mass is 469 g/mol. The average Bonchev–Trinajstić information content (AvgIpc) is 2.82. The van der Waals surface area contributed by atoms with Crippen LogP contribution in [0.3, 0.4) is 0 Å². The summed E-state index contributed by atoms with van der Waals surface area (Å²) in [6.07, 6.45) is 0.933. The van der Waals surface area contributed by atoms with Crippen LogP contribution in [-0.4, -0.2) is 12.4 Å². The zero-order valence-corrected chi connectivity index (χ0v) is 20.1. The summed E-state index contributed by atoms with van der Waals surface area (Å²) >= 11 is 0. The smallest absolute Gasteiger partial charge is 0.205 e. The van der Waals surface area contributed by atoms with E-state index in [-0.39, 0.29) is 22.7 Å². The van der Waals surface area contributed by atoms with E-state index in [0.717, 1.165) is 5.56 Å². The lowest BCUT2D eigenvalue weighted by molar-refractivity contribution is -0.119. The molecule has 0 aromatic heterocycles. The van der Waals surface area contributed by atoms with Gasteiger partial charge in [-0.3, -0.25) is 4.79 Å². The fourth-order valence-corrected chi connectivity index (χ4v) is 4.55. The number of nitriles is 2. The van der Waals surface area contributed by atoms with Crippen molar-refractivity contribution in [3.8, 4) is 23.6 Å². The molecule has 0 amide bonds. The highest BCUT2D eigenvalue weighted by Gasteiger charge is 2.43. The molecule has 2 aromatic rings. The third-order valence-electron chi connectivity index (χ3n) is 6.15. The third-order valence-corrected chi connectivity index (χ3v) is 6.15. The first kappa shape index (κ1) is 23.9. The van der Waals surface area contributed by atoms with Crippen molar-refractivity contribution in [2.45, 2.75) is 46.1 Å². The summed E-state index contributed by atoms with van der Waals surface area (Å²) < 4.78 is 17.6. The maximum atomic E-state index is 13.2. The predicted octanol–water partition coefficient (Wildman–Crippen LogP) is 4.99. The first-order chi connectivity index (χ1) is 16.8. The molecule has 35 heavy (non-hydrogen) atoms. The number of carbonyl (C=O) groups excluding carboxylic acids is 1. The number of hydrogen-bond acceptors (Lipinski definition) is 7. The Morgan fingerprint density at radius 1 is 1.06 bits per heavy atom. The van der Waals surface area contributed by atoms with Gasteiger partial charge in [0.1, 0.15) is 24.0 Å². The van der Waals surface area contributed by atoms with Crippen molar-refractivity contribution >= 4 is 5.78 Å². The zero-order chi connectivity index (χ0) is 25.2. The Morgan fingerprint density at radius 3 is 2.46 bits per heavy atom. The first-order valence-electron chi connectivity index (χ1n) is 11.5. The molecule has 1 heterocycles. The summed E-state index contributed by atoms with van der Waals surface area (Å²) in [7, 11) is 0. The molecule has 1 atom stereocenters. The minimum Gasteiger partial charge on any atom is -0.490 e. The van der Waals surface area contributed by atoms with Crippen molar-refractivity contribution in [3.63, 3.8) is 0 Å². The van der Waals surface area contributed by atoms with E-state index >= 15 is 0 Å². The van der Waals surface area contributed by atoms with Crippen LogP contribution < -0.4 is 15.2 Å². The summed E-state index contributed by atoms with van der Waals surface area (Å²) in [5, 5.41) is 18.8. The van der Waals surface area contributed by atoms with E-state index in [1.807, 2.05) is 39.0 Å². The molecule has 4 rings (SSSR count). The van der Waals surface area contributed by atoms with Gasteiger partial charge in [-0.1, -0.05) is 32.0 Å². The van der Waals surface area contributed by atoms with Crippen molar-refractivity contribution in [2.75, 3.05) is 6.61 Å². The van der Waals surface area contributed by atoms with Crippen LogP contribution in [-0.2, 0) is 16.1 Å². The number of nitrogens with two attached hydrogens (primary N) is 1. The van der Waals surface area contributed by atoms with Gasteiger partial charge in [0, 0.05) is 18.4 Å². The van der Waals surface area contributed by atoms with Gasteiger partial charge in [0.15, 0.2) is 17.3 Å². The zero-order valence-electron chi connectivity index (χ0n) is 20.1. The minimum atomic E-state index is -0.626. The van der Waals surface area contributed by atoms with Gasteiger partial charge in [-0.15, -0.1) is 0 Å². The maximum absolute atomic E-state index is 13.2. The molecule has 7 nitrogen and oxygen atoms in total.